The number of amides is 1. The van der Waals surface area contributed by atoms with Gasteiger partial charge < -0.3 is 9.64 Å². The third-order valence-electron chi connectivity index (χ3n) is 5.48. The number of hydrogen-bond acceptors (Lipinski definition) is 4. The molecule has 0 bridgehead atoms. The summed E-state index contributed by atoms with van der Waals surface area (Å²) in [7, 11) is 3.31. The van der Waals surface area contributed by atoms with Gasteiger partial charge in [-0.3, -0.25) is 14.2 Å². The summed E-state index contributed by atoms with van der Waals surface area (Å²) in [4.78, 5) is 32.7. The first kappa shape index (κ1) is 23.4. The van der Waals surface area contributed by atoms with Gasteiger partial charge in [0.2, 0.25) is 5.91 Å². The molecule has 2 rings (SSSR count). The van der Waals surface area contributed by atoms with Gasteiger partial charge in [-0.15, -0.1) is 0 Å². The molecule has 160 valence electrons. The molecule has 1 aromatic heterocycles. The number of halogens is 1. The monoisotopic (exact) mass is 421 g/mol. The molecule has 6 nitrogen and oxygen atoms in total. The highest BCUT2D eigenvalue weighted by molar-refractivity contribution is 6.31. The average Bonchev–Trinajstić information content (AvgIpc) is 2.71. The Kier molecular flexibility index (Phi) is 8.65. The van der Waals surface area contributed by atoms with Crippen LogP contribution >= 0.6 is 11.6 Å². The lowest BCUT2D eigenvalue weighted by Gasteiger charge is -2.32. The number of carbonyl (C=O) groups excluding carboxylic acids is 1. The SMILES string of the molecule is CCCCC(CC)C(=O)N(CCOC)C(C)c1nc2ccc(Cl)cc2c(=O)n1C. The maximum absolute atomic E-state index is 13.3. The minimum absolute atomic E-state index is 0.0365. The molecule has 2 atom stereocenters. The van der Waals surface area contributed by atoms with Crippen LogP contribution in [-0.4, -0.2) is 40.6 Å². The standard InChI is InChI=1S/C22H32ClN3O3/c1-6-8-9-16(7-2)21(27)26(12-13-29-5)15(3)20-24-19-11-10-17(23)14-18(19)22(28)25(20)4/h10-11,14-16H,6-9,12-13H2,1-5H3. The number of rotatable bonds is 10. The topological polar surface area (TPSA) is 64.4 Å². The molecule has 0 saturated carbocycles. The molecule has 1 amide bonds. The third kappa shape index (κ3) is 5.37. The molecule has 0 N–H and O–H groups in total. The number of fused-ring (bicyclic) bond motifs is 1. The Hall–Kier alpha value is -1.92. The number of benzene rings is 1. The van der Waals surface area contributed by atoms with E-state index in [1.807, 2.05) is 13.8 Å². The van der Waals surface area contributed by atoms with E-state index >= 15 is 0 Å². The van der Waals surface area contributed by atoms with Crippen LogP contribution in [0.3, 0.4) is 0 Å². The molecular formula is C22H32ClN3O3. The van der Waals surface area contributed by atoms with Crippen molar-refractivity contribution in [3.8, 4) is 0 Å². The van der Waals surface area contributed by atoms with Crippen molar-refractivity contribution in [3.05, 3.63) is 39.4 Å². The van der Waals surface area contributed by atoms with Crippen LogP contribution < -0.4 is 5.56 Å². The van der Waals surface area contributed by atoms with Crippen LogP contribution in [0.25, 0.3) is 10.9 Å². The van der Waals surface area contributed by atoms with E-state index in [4.69, 9.17) is 21.3 Å². The van der Waals surface area contributed by atoms with Crippen LogP contribution in [-0.2, 0) is 16.6 Å². The van der Waals surface area contributed by atoms with Crippen LogP contribution in [0.4, 0.5) is 0 Å². The molecule has 0 aliphatic rings. The summed E-state index contributed by atoms with van der Waals surface area (Å²) in [5.74, 6) is 0.612. The predicted molar refractivity (Wildman–Crippen MR) is 117 cm³/mol. The molecule has 0 aliphatic heterocycles. The van der Waals surface area contributed by atoms with Gasteiger partial charge in [0.25, 0.3) is 5.56 Å². The molecule has 29 heavy (non-hydrogen) atoms. The molecule has 2 aromatic rings. The van der Waals surface area contributed by atoms with Crippen LogP contribution in [0.15, 0.2) is 23.0 Å². The fourth-order valence-electron chi connectivity index (χ4n) is 3.64. The van der Waals surface area contributed by atoms with Crippen molar-refractivity contribution >= 4 is 28.4 Å². The van der Waals surface area contributed by atoms with Crippen molar-refractivity contribution in [2.45, 2.75) is 52.5 Å². The van der Waals surface area contributed by atoms with Gasteiger partial charge in [0.15, 0.2) is 0 Å². The van der Waals surface area contributed by atoms with Gasteiger partial charge in [-0.1, -0.05) is 38.3 Å². The number of ether oxygens (including phenoxy) is 1. The average molecular weight is 422 g/mol. The first-order valence-corrected chi connectivity index (χ1v) is 10.7. The van der Waals surface area contributed by atoms with Crippen molar-refractivity contribution < 1.29 is 9.53 Å². The summed E-state index contributed by atoms with van der Waals surface area (Å²) >= 11 is 6.04. The Morgan fingerprint density at radius 3 is 2.69 bits per heavy atom. The molecule has 0 radical (unpaired) electrons. The van der Waals surface area contributed by atoms with Crippen molar-refractivity contribution in [3.63, 3.8) is 0 Å². The summed E-state index contributed by atoms with van der Waals surface area (Å²) in [6.45, 7) is 6.98. The normalized spacial score (nSPS) is 13.4. The van der Waals surface area contributed by atoms with Crippen molar-refractivity contribution in [2.75, 3.05) is 20.3 Å². The van der Waals surface area contributed by atoms with E-state index in [0.717, 1.165) is 25.7 Å². The van der Waals surface area contributed by atoms with Crippen LogP contribution in [0.2, 0.25) is 5.02 Å². The van der Waals surface area contributed by atoms with Gasteiger partial charge in [0, 0.05) is 31.6 Å². The van der Waals surface area contributed by atoms with E-state index in [-0.39, 0.29) is 23.4 Å². The summed E-state index contributed by atoms with van der Waals surface area (Å²) in [5, 5.41) is 0.968. The molecule has 0 aliphatic carbocycles. The summed E-state index contributed by atoms with van der Waals surface area (Å²) in [6.07, 6.45) is 3.73. The van der Waals surface area contributed by atoms with E-state index in [1.54, 1.807) is 37.3 Å². The van der Waals surface area contributed by atoms with E-state index < -0.39 is 0 Å². The van der Waals surface area contributed by atoms with Gasteiger partial charge in [0.1, 0.15) is 5.82 Å². The Balaban J connectivity index is 2.46. The van der Waals surface area contributed by atoms with Crippen LogP contribution in [0.5, 0.6) is 0 Å². The lowest BCUT2D eigenvalue weighted by atomic mass is 9.97. The van der Waals surface area contributed by atoms with E-state index in [0.29, 0.717) is 34.9 Å². The van der Waals surface area contributed by atoms with E-state index in [9.17, 15) is 9.59 Å². The molecule has 1 heterocycles. The number of unbranched alkanes of at least 4 members (excludes halogenated alkanes) is 1. The number of hydrogen-bond donors (Lipinski definition) is 0. The second kappa shape index (κ2) is 10.7. The first-order valence-electron chi connectivity index (χ1n) is 10.3. The lowest BCUT2D eigenvalue weighted by Crippen LogP contribution is -2.42. The maximum atomic E-state index is 13.3. The summed E-state index contributed by atoms with van der Waals surface area (Å²) < 4.78 is 6.76. The molecule has 2 unspecified atom stereocenters. The fraction of sp³-hybridized carbons (Fsp3) is 0.591. The minimum Gasteiger partial charge on any atom is -0.383 e. The largest absolute Gasteiger partial charge is 0.383 e. The molecule has 1 aromatic carbocycles. The minimum atomic E-state index is -0.355. The van der Waals surface area contributed by atoms with Crippen LogP contribution in [0, 0.1) is 5.92 Å². The predicted octanol–water partition coefficient (Wildman–Crippen LogP) is 4.34. The zero-order chi connectivity index (χ0) is 21.6. The highest BCUT2D eigenvalue weighted by Crippen LogP contribution is 2.25. The number of carbonyl (C=O) groups is 1. The van der Waals surface area contributed by atoms with Gasteiger partial charge in [-0.25, -0.2) is 4.98 Å². The van der Waals surface area contributed by atoms with Gasteiger partial charge >= 0.3 is 0 Å². The van der Waals surface area contributed by atoms with Gasteiger partial charge in [-0.05, 0) is 38.0 Å². The lowest BCUT2D eigenvalue weighted by molar-refractivity contribution is -0.139. The Morgan fingerprint density at radius 1 is 1.34 bits per heavy atom. The fourth-order valence-corrected chi connectivity index (χ4v) is 3.82. The Morgan fingerprint density at radius 2 is 2.07 bits per heavy atom. The zero-order valence-corrected chi connectivity index (χ0v) is 18.8. The highest BCUT2D eigenvalue weighted by Gasteiger charge is 2.29. The van der Waals surface area contributed by atoms with E-state index in [2.05, 4.69) is 6.92 Å². The zero-order valence-electron chi connectivity index (χ0n) is 18.1. The van der Waals surface area contributed by atoms with Crippen LogP contribution in [0.1, 0.15) is 58.3 Å². The van der Waals surface area contributed by atoms with Gasteiger partial charge in [-0.2, -0.15) is 0 Å². The smallest absolute Gasteiger partial charge is 0.261 e. The quantitative estimate of drug-likeness (QED) is 0.572. The maximum Gasteiger partial charge on any atom is 0.261 e. The highest BCUT2D eigenvalue weighted by atomic mass is 35.5. The number of aromatic nitrogens is 2. The van der Waals surface area contributed by atoms with Crippen molar-refractivity contribution in [1.82, 2.24) is 14.5 Å². The molecule has 0 saturated heterocycles. The Bertz CT molecular complexity index is 897. The first-order chi connectivity index (χ1) is 13.8. The molecular weight excluding hydrogens is 390 g/mol. The second-order valence-electron chi connectivity index (χ2n) is 7.44. The Labute approximate surface area is 177 Å². The number of methoxy groups -OCH3 is 1. The molecule has 0 spiro atoms. The molecule has 7 heteroatoms. The number of nitrogens with zero attached hydrogens (tertiary/aromatic N) is 3. The second-order valence-corrected chi connectivity index (χ2v) is 7.88. The molecule has 0 fully saturated rings. The van der Waals surface area contributed by atoms with E-state index in [1.165, 1.54) is 4.57 Å². The third-order valence-corrected chi connectivity index (χ3v) is 5.72. The summed E-state index contributed by atoms with van der Waals surface area (Å²) in [6, 6.07) is 4.74. The summed E-state index contributed by atoms with van der Waals surface area (Å²) in [5.41, 5.74) is 0.410. The van der Waals surface area contributed by atoms with Crippen molar-refractivity contribution in [2.24, 2.45) is 13.0 Å². The van der Waals surface area contributed by atoms with Gasteiger partial charge in [0.05, 0.1) is 23.6 Å². The van der Waals surface area contributed by atoms with Crippen molar-refractivity contribution in [1.29, 1.82) is 0 Å².